The Morgan fingerprint density at radius 3 is 2.36 bits per heavy atom. The molecule has 14 heavy (non-hydrogen) atoms. The summed E-state index contributed by atoms with van der Waals surface area (Å²) in [4.78, 5) is 0. The zero-order valence-electron chi connectivity index (χ0n) is 8.93. The predicted molar refractivity (Wildman–Crippen MR) is 56.2 cm³/mol. The molecule has 1 N–H and O–H groups in total. The highest BCUT2D eigenvalue weighted by molar-refractivity contribution is 5.05. The first kappa shape index (κ1) is 9.17. The van der Waals surface area contributed by atoms with Crippen LogP contribution in [-0.4, -0.2) is 25.8 Å². The van der Waals surface area contributed by atoms with Crippen molar-refractivity contribution in [3.8, 4) is 0 Å². The van der Waals surface area contributed by atoms with Gasteiger partial charge in [-0.05, 0) is 49.9 Å². The van der Waals surface area contributed by atoms with Crippen molar-refractivity contribution in [2.24, 2.45) is 11.3 Å². The second-order valence-corrected chi connectivity index (χ2v) is 5.40. The molecule has 0 amide bonds. The Balaban J connectivity index is 1.44. The molecule has 0 spiro atoms. The standard InChI is InChI=1S/C12H21NO/c1-2-10(1)12(5-6-12)9-13-11-3-7-14-8-4-11/h10-11,13H,1-9H2. The van der Waals surface area contributed by atoms with E-state index in [2.05, 4.69) is 5.32 Å². The van der Waals surface area contributed by atoms with Gasteiger partial charge in [0.1, 0.15) is 0 Å². The van der Waals surface area contributed by atoms with Gasteiger partial charge in [-0.15, -0.1) is 0 Å². The third kappa shape index (κ3) is 1.82. The monoisotopic (exact) mass is 195 g/mol. The number of hydrogen-bond acceptors (Lipinski definition) is 2. The molecule has 0 aromatic carbocycles. The van der Waals surface area contributed by atoms with E-state index in [1.165, 1.54) is 45.1 Å². The van der Waals surface area contributed by atoms with Crippen LogP contribution < -0.4 is 5.32 Å². The summed E-state index contributed by atoms with van der Waals surface area (Å²) in [6.45, 7) is 3.23. The third-order valence-corrected chi connectivity index (χ3v) is 4.30. The Bertz CT molecular complexity index is 202. The van der Waals surface area contributed by atoms with E-state index < -0.39 is 0 Å². The van der Waals surface area contributed by atoms with Gasteiger partial charge in [-0.1, -0.05) is 0 Å². The highest BCUT2D eigenvalue weighted by Crippen LogP contribution is 2.60. The summed E-state index contributed by atoms with van der Waals surface area (Å²) in [5.41, 5.74) is 0.762. The van der Waals surface area contributed by atoms with Gasteiger partial charge >= 0.3 is 0 Å². The van der Waals surface area contributed by atoms with Gasteiger partial charge < -0.3 is 10.1 Å². The van der Waals surface area contributed by atoms with Crippen molar-refractivity contribution >= 4 is 0 Å². The maximum absolute atomic E-state index is 5.37. The molecule has 1 aliphatic heterocycles. The van der Waals surface area contributed by atoms with Crippen LogP contribution in [0.25, 0.3) is 0 Å². The van der Waals surface area contributed by atoms with Crippen LogP contribution >= 0.6 is 0 Å². The Morgan fingerprint density at radius 2 is 1.79 bits per heavy atom. The predicted octanol–water partition coefficient (Wildman–Crippen LogP) is 1.95. The van der Waals surface area contributed by atoms with E-state index >= 15 is 0 Å². The van der Waals surface area contributed by atoms with Crippen molar-refractivity contribution in [3.05, 3.63) is 0 Å². The zero-order valence-corrected chi connectivity index (χ0v) is 8.93. The van der Waals surface area contributed by atoms with Crippen LogP contribution in [-0.2, 0) is 4.74 Å². The Labute approximate surface area is 86.4 Å². The zero-order chi connectivity index (χ0) is 9.43. The van der Waals surface area contributed by atoms with Crippen LogP contribution in [0.2, 0.25) is 0 Å². The Hall–Kier alpha value is -0.0800. The lowest BCUT2D eigenvalue weighted by atomic mass is 9.99. The molecule has 0 bridgehead atoms. The Kier molecular flexibility index (Phi) is 2.29. The molecule has 3 fully saturated rings. The van der Waals surface area contributed by atoms with Crippen molar-refractivity contribution in [1.82, 2.24) is 5.32 Å². The fraction of sp³-hybridized carbons (Fsp3) is 1.00. The first-order valence-corrected chi connectivity index (χ1v) is 6.20. The van der Waals surface area contributed by atoms with Crippen LogP contribution in [0.15, 0.2) is 0 Å². The molecule has 0 aromatic heterocycles. The lowest BCUT2D eigenvalue weighted by Gasteiger charge is -2.26. The van der Waals surface area contributed by atoms with E-state index in [-0.39, 0.29) is 0 Å². The van der Waals surface area contributed by atoms with E-state index in [9.17, 15) is 0 Å². The normalized spacial score (nSPS) is 31.7. The molecular weight excluding hydrogens is 174 g/mol. The average molecular weight is 195 g/mol. The smallest absolute Gasteiger partial charge is 0.0480 e. The fourth-order valence-corrected chi connectivity index (χ4v) is 2.83. The maximum Gasteiger partial charge on any atom is 0.0480 e. The van der Waals surface area contributed by atoms with Crippen molar-refractivity contribution < 1.29 is 4.74 Å². The molecule has 0 unspecified atom stereocenters. The first-order valence-electron chi connectivity index (χ1n) is 6.20. The summed E-state index contributed by atoms with van der Waals surface area (Å²) >= 11 is 0. The van der Waals surface area contributed by atoms with Gasteiger partial charge in [0.15, 0.2) is 0 Å². The van der Waals surface area contributed by atoms with E-state index in [0.717, 1.165) is 30.6 Å². The van der Waals surface area contributed by atoms with Gasteiger partial charge in [0.2, 0.25) is 0 Å². The second kappa shape index (κ2) is 3.49. The first-order chi connectivity index (χ1) is 6.89. The lowest BCUT2D eigenvalue weighted by Crippen LogP contribution is -2.38. The molecule has 0 atom stereocenters. The molecule has 1 heterocycles. The molecule has 3 rings (SSSR count). The Morgan fingerprint density at radius 1 is 1.07 bits per heavy atom. The summed E-state index contributed by atoms with van der Waals surface area (Å²) in [6.07, 6.45) is 8.45. The van der Waals surface area contributed by atoms with Crippen LogP contribution in [0.1, 0.15) is 38.5 Å². The van der Waals surface area contributed by atoms with Crippen LogP contribution in [0, 0.1) is 11.3 Å². The molecule has 2 nitrogen and oxygen atoms in total. The summed E-state index contributed by atoms with van der Waals surface area (Å²) < 4.78 is 5.37. The van der Waals surface area contributed by atoms with Crippen molar-refractivity contribution in [1.29, 1.82) is 0 Å². The van der Waals surface area contributed by atoms with Crippen LogP contribution in [0.3, 0.4) is 0 Å². The lowest BCUT2D eigenvalue weighted by molar-refractivity contribution is 0.0761. The number of ether oxygens (including phenoxy) is 1. The van der Waals surface area contributed by atoms with E-state index in [4.69, 9.17) is 4.74 Å². The highest BCUT2D eigenvalue weighted by Gasteiger charge is 2.53. The molecule has 2 saturated carbocycles. The topological polar surface area (TPSA) is 21.3 Å². The maximum atomic E-state index is 5.37. The quantitative estimate of drug-likeness (QED) is 0.740. The average Bonchev–Trinajstić information content (AvgIpc) is 3.08. The largest absolute Gasteiger partial charge is 0.381 e. The fourth-order valence-electron chi connectivity index (χ4n) is 2.83. The van der Waals surface area contributed by atoms with Crippen LogP contribution in [0.5, 0.6) is 0 Å². The molecule has 80 valence electrons. The van der Waals surface area contributed by atoms with Crippen molar-refractivity contribution in [3.63, 3.8) is 0 Å². The van der Waals surface area contributed by atoms with Gasteiger partial charge in [-0.2, -0.15) is 0 Å². The van der Waals surface area contributed by atoms with E-state index in [1.807, 2.05) is 0 Å². The highest BCUT2D eigenvalue weighted by atomic mass is 16.5. The molecule has 0 aromatic rings. The summed E-state index contributed by atoms with van der Waals surface area (Å²) in [5.74, 6) is 1.09. The van der Waals surface area contributed by atoms with Crippen molar-refractivity contribution in [2.45, 2.75) is 44.6 Å². The van der Waals surface area contributed by atoms with Gasteiger partial charge in [-0.25, -0.2) is 0 Å². The minimum atomic E-state index is 0.750. The van der Waals surface area contributed by atoms with Crippen molar-refractivity contribution in [2.75, 3.05) is 19.8 Å². The molecule has 2 aliphatic carbocycles. The van der Waals surface area contributed by atoms with E-state index in [0.29, 0.717) is 0 Å². The molecule has 0 radical (unpaired) electrons. The van der Waals surface area contributed by atoms with Gasteiger partial charge in [-0.3, -0.25) is 0 Å². The third-order valence-electron chi connectivity index (χ3n) is 4.30. The van der Waals surface area contributed by atoms with Gasteiger partial charge in [0.25, 0.3) is 0 Å². The van der Waals surface area contributed by atoms with E-state index in [1.54, 1.807) is 0 Å². The molecular formula is C12H21NO. The molecule has 1 saturated heterocycles. The summed E-state index contributed by atoms with van der Waals surface area (Å²) in [6, 6.07) is 0.750. The SMILES string of the molecule is C1CC(NCC2(C3CC3)CC2)CCO1. The van der Waals surface area contributed by atoms with Gasteiger partial charge in [0.05, 0.1) is 0 Å². The van der Waals surface area contributed by atoms with Crippen LogP contribution in [0.4, 0.5) is 0 Å². The minimum absolute atomic E-state index is 0.750. The number of nitrogens with one attached hydrogen (secondary N) is 1. The minimum Gasteiger partial charge on any atom is -0.381 e. The summed E-state index contributed by atoms with van der Waals surface area (Å²) in [7, 11) is 0. The van der Waals surface area contributed by atoms with Gasteiger partial charge in [0, 0.05) is 25.8 Å². The molecule has 3 aliphatic rings. The second-order valence-electron chi connectivity index (χ2n) is 5.40. The molecule has 2 heteroatoms. The summed E-state index contributed by atoms with van der Waals surface area (Å²) in [5, 5.41) is 3.77. The number of rotatable bonds is 4. The number of hydrogen-bond donors (Lipinski definition) is 1.